The van der Waals surface area contributed by atoms with Crippen molar-refractivity contribution in [3.63, 3.8) is 0 Å². The average molecular weight is 448 g/mol. The molecule has 2 amide bonds. The van der Waals surface area contributed by atoms with E-state index in [0.717, 1.165) is 11.1 Å². The number of carbonyl (C=O) groups excluding carboxylic acids is 2. The van der Waals surface area contributed by atoms with Crippen LogP contribution in [0.2, 0.25) is 0 Å². The Kier molecular flexibility index (Phi) is 7.68. The molecular weight excluding hydrogens is 418 g/mol. The molecule has 2 N–H and O–H groups in total. The summed E-state index contributed by atoms with van der Waals surface area (Å²) in [5, 5.41) is 14.8. The molecule has 8 nitrogen and oxygen atoms in total. The lowest BCUT2D eigenvalue weighted by Crippen LogP contribution is -2.61. The van der Waals surface area contributed by atoms with E-state index in [1.54, 1.807) is 12.1 Å². The maximum absolute atomic E-state index is 12.4. The molecule has 4 rings (SSSR count). The second kappa shape index (κ2) is 11.1. The molecule has 0 spiro atoms. The van der Waals surface area contributed by atoms with Crippen LogP contribution in [-0.2, 0) is 27.4 Å². The van der Waals surface area contributed by atoms with Crippen molar-refractivity contribution in [1.82, 2.24) is 20.4 Å². The Hall–Kier alpha value is -3.25. The fourth-order valence-electron chi connectivity index (χ4n) is 4.33. The van der Waals surface area contributed by atoms with Crippen molar-refractivity contribution in [2.24, 2.45) is 0 Å². The summed E-state index contributed by atoms with van der Waals surface area (Å²) in [7, 11) is 0. The summed E-state index contributed by atoms with van der Waals surface area (Å²) in [6.07, 6.45) is -0.0171. The van der Waals surface area contributed by atoms with Crippen molar-refractivity contribution in [3.8, 4) is 6.07 Å². The minimum absolute atomic E-state index is 0.00857. The van der Waals surface area contributed by atoms with Crippen LogP contribution in [0.1, 0.15) is 16.7 Å². The number of amides is 2. The molecule has 2 saturated heterocycles. The summed E-state index contributed by atoms with van der Waals surface area (Å²) in [4.78, 5) is 29.0. The van der Waals surface area contributed by atoms with Crippen LogP contribution in [0, 0.1) is 11.3 Å². The fraction of sp³-hybridized carbons (Fsp3) is 0.400. The highest BCUT2D eigenvalue weighted by atomic mass is 16.5. The number of fused-ring (bicyclic) bond motifs is 2. The average Bonchev–Trinajstić information content (AvgIpc) is 2.82. The highest BCUT2D eigenvalue weighted by molar-refractivity contribution is 5.78. The largest absolute Gasteiger partial charge is 0.370 e. The van der Waals surface area contributed by atoms with E-state index in [4.69, 9.17) is 10.00 Å². The van der Waals surface area contributed by atoms with Gasteiger partial charge in [0.1, 0.15) is 0 Å². The van der Waals surface area contributed by atoms with E-state index in [1.807, 2.05) is 42.5 Å². The molecule has 8 heteroatoms. The zero-order valence-electron chi connectivity index (χ0n) is 18.6. The molecule has 2 unspecified atom stereocenters. The standard InChI is InChI=1S/C25H29N5O3/c26-10-19-6-8-21(9-7-19)12-28-25(32)18-30-15-22-13-29(14-23(16-30)33-22)17-24(31)27-11-20-4-2-1-3-5-20/h1-9,22-23H,11-18H2,(H,27,31)(H,28,32). The van der Waals surface area contributed by atoms with Gasteiger partial charge in [0.15, 0.2) is 0 Å². The molecule has 0 saturated carbocycles. The third kappa shape index (κ3) is 6.86. The Labute approximate surface area is 194 Å². The monoisotopic (exact) mass is 447 g/mol. The van der Waals surface area contributed by atoms with Gasteiger partial charge in [-0.15, -0.1) is 0 Å². The molecule has 2 aliphatic rings. The van der Waals surface area contributed by atoms with Crippen molar-refractivity contribution in [2.75, 3.05) is 39.3 Å². The lowest BCUT2D eigenvalue weighted by molar-refractivity contribution is -0.148. The molecule has 2 aromatic carbocycles. The van der Waals surface area contributed by atoms with Crippen molar-refractivity contribution in [1.29, 1.82) is 5.26 Å². The summed E-state index contributed by atoms with van der Waals surface area (Å²) in [6.45, 7) is 4.34. The SMILES string of the molecule is N#Cc1ccc(CNC(=O)CN2CC3CN(CC(=O)NCc4ccccc4)CC(C2)O3)cc1. The Bertz CT molecular complexity index is 975. The van der Waals surface area contributed by atoms with Crippen LogP contribution < -0.4 is 10.6 Å². The molecule has 2 fully saturated rings. The lowest BCUT2D eigenvalue weighted by atomic mass is 10.1. The van der Waals surface area contributed by atoms with Crippen molar-refractivity contribution in [2.45, 2.75) is 25.3 Å². The first-order valence-electron chi connectivity index (χ1n) is 11.2. The molecule has 2 atom stereocenters. The van der Waals surface area contributed by atoms with Gasteiger partial charge in [-0.3, -0.25) is 19.4 Å². The van der Waals surface area contributed by atoms with E-state index in [-0.39, 0.29) is 24.0 Å². The topological polar surface area (TPSA) is 97.7 Å². The number of hydrogen-bond acceptors (Lipinski definition) is 6. The zero-order valence-corrected chi connectivity index (χ0v) is 18.6. The molecule has 0 aliphatic carbocycles. The molecule has 2 aliphatic heterocycles. The smallest absolute Gasteiger partial charge is 0.234 e. The zero-order chi connectivity index (χ0) is 23.0. The predicted octanol–water partition coefficient (Wildman–Crippen LogP) is 0.876. The van der Waals surface area contributed by atoms with E-state index in [9.17, 15) is 9.59 Å². The van der Waals surface area contributed by atoms with Crippen LogP contribution in [0.3, 0.4) is 0 Å². The highest BCUT2D eigenvalue weighted by Gasteiger charge is 2.35. The molecule has 2 bridgehead atoms. The van der Waals surface area contributed by atoms with Gasteiger partial charge in [-0.1, -0.05) is 42.5 Å². The van der Waals surface area contributed by atoms with Crippen LogP contribution in [-0.4, -0.2) is 73.1 Å². The van der Waals surface area contributed by atoms with Crippen LogP contribution in [0.25, 0.3) is 0 Å². The van der Waals surface area contributed by atoms with Gasteiger partial charge in [0.25, 0.3) is 0 Å². The van der Waals surface area contributed by atoms with Crippen LogP contribution in [0.4, 0.5) is 0 Å². The molecule has 2 aromatic rings. The Morgan fingerprint density at radius 3 is 1.79 bits per heavy atom. The van der Waals surface area contributed by atoms with E-state index in [1.165, 1.54) is 0 Å². The van der Waals surface area contributed by atoms with Gasteiger partial charge in [-0.25, -0.2) is 0 Å². The maximum Gasteiger partial charge on any atom is 0.234 e. The molecule has 172 valence electrons. The number of nitrogens with one attached hydrogen (secondary N) is 2. The van der Waals surface area contributed by atoms with Gasteiger partial charge in [0.2, 0.25) is 11.8 Å². The van der Waals surface area contributed by atoms with Crippen molar-refractivity contribution in [3.05, 3.63) is 71.3 Å². The third-order valence-corrected chi connectivity index (χ3v) is 5.87. The number of ether oxygens (including phenoxy) is 1. The van der Waals surface area contributed by atoms with E-state index in [0.29, 0.717) is 57.9 Å². The van der Waals surface area contributed by atoms with Gasteiger partial charge >= 0.3 is 0 Å². The summed E-state index contributed by atoms with van der Waals surface area (Å²) in [6, 6.07) is 19.2. The predicted molar refractivity (Wildman–Crippen MR) is 123 cm³/mol. The first-order valence-corrected chi connectivity index (χ1v) is 11.2. The van der Waals surface area contributed by atoms with Gasteiger partial charge in [-0.2, -0.15) is 5.26 Å². The van der Waals surface area contributed by atoms with Crippen LogP contribution in [0.5, 0.6) is 0 Å². The van der Waals surface area contributed by atoms with E-state index in [2.05, 4.69) is 26.5 Å². The summed E-state index contributed by atoms with van der Waals surface area (Å²) < 4.78 is 6.05. The summed E-state index contributed by atoms with van der Waals surface area (Å²) >= 11 is 0. The van der Waals surface area contributed by atoms with Gasteiger partial charge < -0.3 is 15.4 Å². The summed E-state index contributed by atoms with van der Waals surface area (Å²) in [5.74, 6) is -0.0191. The quantitative estimate of drug-likeness (QED) is 0.624. The van der Waals surface area contributed by atoms with E-state index < -0.39 is 0 Å². The van der Waals surface area contributed by atoms with E-state index >= 15 is 0 Å². The van der Waals surface area contributed by atoms with Gasteiger partial charge in [0, 0.05) is 39.3 Å². The highest BCUT2D eigenvalue weighted by Crippen LogP contribution is 2.19. The minimum Gasteiger partial charge on any atom is -0.370 e. The summed E-state index contributed by atoms with van der Waals surface area (Å²) in [5.41, 5.74) is 2.65. The van der Waals surface area contributed by atoms with Crippen LogP contribution in [0.15, 0.2) is 54.6 Å². The Morgan fingerprint density at radius 1 is 0.818 bits per heavy atom. The maximum atomic E-state index is 12.4. The minimum atomic E-state index is -0.0310. The molecule has 2 heterocycles. The first-order chi connectivity index (χ1) is 16.1. The number of carbonyl (C=O) groups is 2. The normalized spacial score (nSPS) is 20.6. The number of benzene rings is 2. The number of morpholine rings is 2. The number of nitrogens with zero attached hydrogens (tertiary/aromatic N) is 3. The second-order valence-electron chi connectivity index (χ2n) is 8.62. The third-order valence-electron chi connectivity index (χ3n) is 5.87. The first kappa shape index (κ1) is 22.9. The molecular formula is C25H29N5O3. The second-order valence-corrected chi connectivity index (χ2v) is 8.62. The lowest BCUT2D eigenvalue weighted by Gasteiger charge is -2.45. The van der Waals surface area contributed by atoms with Crippen molar-refractivity contribution < 1.29 is 14.3 Å². The number of hydrogen-bond donors (Lipinski definition) is 2. The van der Waals surface area contributed by atoms with Crippen LogP contribution >= 0.6 is 0 Å². The number of rotatable bonds is 8. The number of nitriles is 1. The fourth-order valence-corrected chi connectivity index (χ4v) is 4.33. The van der Waals surface area contributed by atoms with Crippen molar-refractivity contribution >= 4 is 11.8 Å². The molecule has 0 radical (unpaired) electrons. The molecule has 33 heavy (non-hydrogen) atoms. The Balaban J connectivity index is 1.18. The van der Waals surface area contributed by atoms with Gasteiger partial charge in [-0.05, 0) is 23.3 Å². The van der Waals surface area contributed by atoms with Gasteiger partial charge in [0.05, 0.1) is 36.9 Å². The Morgan fingerprint density at radius 2 is 1.30 bits per heavy atom. The molecule has 0 aromatic heterocycles.